The molecular weight excluding hydrogens is 292 g/mol. The van der Waals surface area contributed by atoms with E-state index >= 15 is 0 Å². The van der Waals surface area contributed by atoms with Gasteiger partial charge in [0.05, 0.1) is 16.3 Å². The highest BCUT2D eigenvalue weighted by Crippen LogP contribution is 2.38. The molecule has 3 rings (SSSR count). The van der Waals surface area contributed by atoms with Crippen LogP contribution >= 0.6 is 11.6 Å². The Hall–Kier alpha value is -2.40. The molecule has 0 fully saturated rings. The number of carbonyl (C=O) groups is 1. The summed E-state index contributed by atoms with van der Waals surface area (Å²) in [6, 6.07) is 10.2. The van der Waals surface area contributed by atoms with Crippen molar-refractivity contribution in [3.05, 3.63) is 52.5 Å². The van der Waals surface area contributed by atoms with Crippen molar-refractivity contribution in [1.82, 2.24) is 5.32 Å². The first kappa shape index (κ1) is 13.6. The molecule has 0 aromatic heterocycles. The molecule has 0 saturated heterocycles. The minimum atomic E-state index is -0.476. The van der Waals surface area contributed by atoms with Crippen molar-refractivity contribution >= 4 is 23.2 Å². The van der Waals surface area contributed by atoms with Crippen LogP contribution in [0.25, 0.3) is 0 Å². The lowest BCUT2D eigenvalue weighted by Gasteiger charge is -2.36. The van der Waals surface area contributed by atoms with Gasteiger partial charge in [-0.3, -0.25) is 4.79 Å². The number of phenolic OH excluding ortho intramolecular Hbond substituents is 2. The number of para-hydroxylation sites is 1. The largest absolute Gasteiger partial charge is 0.504 e. The monoisotopic (exact) mass is 304 g/mol. The molecule has 1 heterocycles. The molecule has 0 bridgehead atoms. The van der Waals surface area contributed by atoms with E-state index in [-0.39, 0.29) is 22.4 Å². The van der Waals surface area contributed by atoms with Crippen LogP contribution in [0, 0.1) is 0 Å². The van der Waals surface area contributed by atoms with Gasteiger partial charge in [-0.25, -0.2) is 0 Å². The minimum Gasteiger partial charge on any atom is -0.504 e. The molecule has 3 N–H and O–H groups in total. The van der Waals surface area contributed by atoms with Crippen LogP contribution in [0.3, 0.4) is 0 Å². The van der Waals surface area contributed by atoms with E-state index in [4.69, 9.17) is 11.6 Å². The standard InChI is InChI=1S/C15H13ClN2O3/c1-18-11-5-3-2-4-9(11)15(21)17-14(18)8-6-10(16)13(20)12(19)7-8/h2-7,14,19-20H,1H3,(H,17,21). The Bertz CT molecular complexity index is 710. The second-order valence-electron chi connectivity index (χ2n) is 4.87. The smallest absolute Gasteiger partial charge is 0.255 e. The molecule has 2 aromatic rings. The fourth-order valence-electron chi connectivity index (χ4n) is 2.48. The number of phenols is 2. The molecule has 0 saturated carbocycles. The number of nitrogens with zero attached hydrogens (tertiary/aromatic N) is 1. The first-order chi connectivity index (χ1) is 9.99. The van der Waals surface area contributed by atoms with Crippen LogP contribution < -0.4 is 10.2 Å². The predicted octanol–water partition coefficient (Wildman–Crippen LogP) is 2.63. The van der Waals surface area contributed by atoms with Gasteiger partial charge >= 0.3 is 0 Å². The number of hydrogen-bond acceptors (Lipinski definition) is 4. The minimum absolute atomic E-state index is 0.0338. The number of carbonyl (C=O) groups excluding carboxylic acids is 1. The molecule has 0 aliphatic carbocycles. The summed E-state index contributed by atoms with van der Waals surface area (Å²) in [6.45, 7) is 0. The second-order valence-corrected chi connectivity index (χ2v) is 5.28. The first-order valence-corrected chi connectivity index (χ1v) is 6.71. The Kier molecular flexibility index (Phi) is 3.14. The van der Waals surface area contributed by atoms with Crippen LogP contribution in [0.15, 0.2) is 36.4 Å². The maximum atomic E-state index is 12.2. The highest BCUT2D eigenvalue weighted by Gasteiger charge is 2.29. The number of amides is 1. The number of fused-ring (bicyclic) bond motifs is 1. The van der Waals surface area contributed by atoms with Crippen molar-refractivity contribution in [1.29, 1.82) is 0 Å². The summed E-state index contributed by atoms with van der Waals surface area (Å²) in [5.41, 5.74) is 1.96. The second kappa shape index (κ2) is 4.86. The van der Waals surface area contributed by atoms with Crippen LogP contribution in [-0.4, -0.2) is 23.2 Å². The van der Waals surface area contributed by atoms with Gasteiger partial charge < -0.3 is 20.4 Å². The Morgan fingerprint density at radius 1 is 1.24 bits per heavy atom. The molecule has 1 aliphatic rings. The Morgan fingerprint density at radius 2 is 1.95 bits per heavy atom. The predicted molar refractivity (Wildman–Crippen MR) is 79.8 cm³/mol. The van der Waals surface area contributed by atoms with Gasteiger partial charge in [0.15, 0.2) is 11.5 Å². The van der Waals surface area contributed by atoms with Gasteiger partial charge in [0.2, 0.25) is 0 Å². The summed E-state index contributed by atoms with van der Waals surface area (Å²) in [6.07, 6.45) is -0.476. The third kappa shape index (κ3) is 2.15. The SMILES string of the molecule is CN1c2ccccc2C(=O)NC1c1cc(O)c(O)c(Cl)c1. The van der Waals surface area contributed by atoms with Gasteiger partial charge in [-0.05, 0) is 24.3 Å². The fraction of sp³-hybridized carbons (Fsp3) is 0.133. The number of anilines is 1. The molecule has 6 heteroatoms. The van der Waals surface area contributed by atoms with Crippen LogP contribution in [0.2, 0.25) is 5.02 Å². The van der Waals surface area contributed by atoms with Gasteiger partial charge in [-0.1, -0.05) is 23.7 Å². The molecule has 108 valence electrons. The zero-order valence-electron chi connectivity index (χ0n) is 11.2. The first-order valence-electron chi connectivity index (χ1n) is 6.33. The van der Waals surface area contributed by atoms with Crippen LogP contribution in [-0.2, 0) is 0 Å². The van der Waals surface area contributed by atoms with Crippen molar-refractivity contribution < 1.29 is 15.0 Å². The molecule has 1 amide bonds. The normalized spacial score (nSPS) is 17.3. The summed E-state index contributed by atoms with van der Waals surface area (Å²) in [7, 11) is 1.83. The number of nitrogens with one attached hydrogen (secondary N) is 1. The van der Waals surface area contributed by atoms with Crippen molar-refractivity contribution in [3.8, 4) is 11.5 Å². The number of aromatic hydroxyl groups is 2. The molecule has 5 nitrogen and oxygen atoms in total. The Balaban J connectivity index is 2.07. The summed E-state index contributed by atoms with van der Waals surface area (Å²) >= 11 is 5.88. The average Bonchev–Trinajstić information content (AvgIpc) is 2.48. The number of benzene rings is 2. The lowest BCUT2D eigenvalue weighted by Crippen LogP contribution is -2.44. The van der Waals surface area contributed by atoms with E-state index in [1.165, 1.54) is 12.1 Å². The van der Waals surface area contributed by atoms with E-state index in [2.05, 4.69) is 5.32 Å². The average molecular weight is 305 g/mol. The third-order valence-corrected chi connectivity index (χ3v) is 3.85. The van der Waals surface area contributed by atoms with Gasteiger partial charge in [-0.15, -0.1) is 0 Å². The lowest BCUT2D eigenvalue weighted by atomic mass is 10.0. The summed E-state index contributed by atoms with van der Waals surface area (Å²) in [5.74, 6) is -0.887. The van der Waals surface area contributed by atoms with Crippen molar-refractivity contribution in [2.24, 2.45) is 0 Å². The van der Waals surface area contributed by atoms with E-state index in [0.29, 0.717) is 11.1 Å². The highest BCUT2D eigenvalue weighted by molar-refractivity contribution is 6.32. The topological polar surface area (TPSA) is 72.8 Å². The maximum Gasteiger partial charge on any atom is 0.255 e. The summed E-state index contributed by atoms with van der Waals surface area (Å²) < 4.78 is 0. The highest BCUT2D eigenvalue weighted by atomic mass is 35.5. The summed E-state index contributed by atoms with van der Waals surface area (Å²) in [5, 5.41) is 22.1. The Labute approximate surface area is 126 Å². The zero-order chi connectivity index (χ0) is 15.1. The van der Waals surface area contributed by atoms with Crippen molar-refractivity contribution in [2.75, 3.05) is 11.9 Å². The van der Waals surface area contributed by atoms with Crippen LogP contribution in [0.5, 0.6) is 11.5 Å². The van der Waals surface area contributed by atoms with Gasteiger partial charge in [0, 0.05) is 12.6 Å². The molecule has 0 spiro atoms. The number of rotatable bonds is 1. The maximum absolute atomic E-state index is 12.2. The number of halogens is 1. The van der Waals surface area contributed by atoms with E-state index < -0.39 is 6.17 Å². The molecular formula is C15H13ClN2O3. The zero-order valence-corrected chi connectivity index (χ0v) is 11.9. The fourth-order valence-corrected chi connectivity index (χ4v) is 2.70. The van der Waals surface area contributed by atoms with Gasteiger partial charge in [-0.2, -0.15) is 0 Å². The molecule has 2 aromatic carbocycles. The van der Waals surface area contributed by atoms with E-state index in [0.717, 1.165) is 5.69 Å². The number of hydrogen-bond donors (Lipinski definition) is 3. The van der Waals surface area contributed by atoms with E-state index in [1.807, 2.05) is 24.1 Å². The molecule has 21 heavy (non-hydrogen) atoms. The Morgan fingerprint density at radius 3 is 2.67 bits per heavy atom. The van der Waals surface area contributed by atoms with Crippen LogP contribution in [0.4, 0.5) is 5.69 Å². The quantitative estimate of drug-likeness (QED) is 0.708. The molecule has 1 unspecified atom stereocenters. The molecule has 1 aliphatic heterocycles. The lowest BCUT2D eigenvalue weighted by molar-refractivity contribution is 0.0928. The van der Waals surface area contributed by atoms with E-state index in [1.54, 1.807) is 12.1 Å². The molecule has 1 atom stereocenters. The molecule has 0 radical (unpaired) electrons. The van der Waals surface area contributed by atoms with Gasteiger partial charge in [0.25, 0.3) is 5.91 Å². The summed E-state index contributed by atoms with van der Waals surface area (Å²) in [4.78, 5) is 14.0. The third-order valence-electron chi connectivity index (χ3n) is 3.57. The van der Waals surface area contributed by atoms with Crippen molar-refractivity contribution in [3.63, 3.8) is 0 Å². The van der Waals surface area contributed by atoms with Crippen LogP contribution in [0.1, 0.15) is 22.1 Å². The van der Waals surface area contributed by atoms with Crippen molar-refractivity contribution in [2.45, 2.75) is 6.17 Å². The van der Waals surface area contributed by atoms with Gasteiger partial charge in [0.1, 0.15) is 6.17 Å². The van der Waals surface area contributed by atoms with E-state index in [9.17, 15) is 15.0 Å².